The van der Waals surface area contributed by atoms with Crippen molar-refractivity contribution in [3.05, 3.63) is 41.1 Å². The summed E-state index contributed by atoms with van der Waals surface area (Å²) in [6.07, 6.45) is 0. The molecule has 2 heterocycles. The molecule has 2 atom stereocenters. The smallest absolute Gasteiger partial charge is 0.238 e. The van der Waals surface area contributed by atoms with E-state index in [1.54, 1.807) is 18.9 Å². The highest BCUT2D eigenvalue weighted by Gasteiger charge is 2.33. The maximum Gasteiger partial charge on any atom is 0.238 e. The van der Waals surface area contributed by atoms with Crippen LogP contribution in [-0.2, 0) is 4.79 Å². The Morgan fingerprint density at radius 1 is 1.33 bits per heavy atom. The fourth-order valence-electron chi connectivity index (χ4n) is 2.52. The Morgan fingerprint density at radius 3 is 2.86 bits per heavy atom. The Labute approximate surface area is 127 Å². The van der Waals surface area contributed by atoms with Gasteiger partial charge in [-0.1, -0.05) is 18.2 Å². The van der Waals surface area contributed by atoms with E-state index in [1.807, 2.05) is 38.1 Å². The predicted molar refractivity (Wildman–Crippen MR) is 83.8 cm³/mol. The van der Waals surface area contributed by atoms with Gasteiger partial charge in [0.15, 0.2) is 5.82 Å². The summed E-state index contributed by atoms with van der Waals surface area (Å²) in [6, 6.07) is 7.91. The number of aromatic nitrogens is 2. The van der Waals surface area contributed by atoms with Crippen LogP contribution in [0.3, 0.4) is 0 Å². The van der Waals surface area contributed by atoms with E-state index in [9.17, 15) is 4.79 Å². The van der Waals surface area contributed by atoms with Gasteiger partial charge in [-0.2, -0.15) is 5.10 Å². The lowest BCUT2D eigenvalue weighted by molar-refractivity contribution is -0.115. The molecule has 1 aliphatic rings. The van der Waals surface area contributed by atoms with E-state index < -0.39 is 0 Å². The zero-order valence-corrected chi connectivity index (χ0v) is 13.0. The summed E-state index contributed by atoms with van der Waals surface area (Å²) in [7, 11) is 1.66. The van der Waals surface area contributed by atoms with Gasteiger partial charge in [0.25, 0.3) is 0 Å². The first-order chi connectivity index (χ1) is 10.1. The number of aryl methyl sites for hydroxylation is 1. The van der Waals surface area contributed by atoms with Crippen molar-refractivity contribution in [2.75, 3.05) is 12.4 Å². The second-order valence-corrected chi connectivity index (χ2v) is 6.45. The van der Waals surface area contributed by atoms with Crippen LogP contribution in [0.25, 0.3) is 0 Å². The number of benzene rings is 1. The van der Waals surface area contributed by atoms with Gasteiger partial charge in [0.1, 0.15) is 5.75 Å². The molecule has 2 N–H and O–H groups in total. The Hall–Kier alpha value is -1.95. The molecule has 3 rings (SSSR count). The standard InChI is InChI=1S/C15H17N3O2S/c1-8-12-13(10-6-4-5-7-11(10)20-3)21-9(2)15(19)16-14(12)18-17-8/h4-7,9,13H,1-3H3,(H2,16,17,18,19). The lowest BCUT2D eigenvalue weighted by atomic mass is 10.0. The van der Waals surface area contributed by atoms with E-state index in [1.165, 1.54) is 0 Å². The number of aromatic amines is 1. The zero-order chi connectivity index (χ0) is 15.0. The monoisotopic (exact) mass is 303 g/mol. The summed E-state index contributed by atoms with van der Waals surface area (Å²) in [4.78, 5) is 12.1. The van der Waals surface area contributed by atoms with Crippen LogP contribution in [0, 0.1) is 6.92 Å². The van der Waals surface area contributed by atoms with Crippen LogP contribution in [0.2, 0.25) is 0 Å². The van der Waals surface area contributed by atoms with Gasteiger partial charge >= 0.3 is 0 Å². The number of para-hydroxylation sites is 1. The Morgan fingerprint density at radius 2 is 2.10 bits per heavy atom. The largest absolute Gasteiger partial charge is 0.496 e. The summed E-state index contributed by atoms with van der Waals surface area (Å²) in [5, 5.41) is 9.91. The maximum atomic E-state index is 12.1. The van der Waals surface area contributed by atoms with Gasteiger partial charge in [-0.15, -0.1) is 11.8 Å². The summed E-state index contributed by atoms with van der Waals surface area (Å²) in [6.45, 7) is 3.88. The lowest BCUT2D eigenvalue weighted by Gasteiger charge is -2.19. The van der Waals surface area contributed by atoms with Crippen molar-refractivity contribution in [3.8, 4) is 5.75 Å². The number of H-pyrrole nitrogens is 1. The topological polar surface area (TPSA) is 67.0 Å². The molecule has 6 heteroatoms. The summed E-state index contributed by atoms with van der Waals surface area (Å²) in [5.41, 5.74) is 3.03. The fraction of sp³-hybridized carbons (Fsp3) is 0.333. The normalized spacial score (nSPS) is 21.4. The number of nitrogens with zero attached hydrogens (tertiary/aromatic N) is 1. The lowest BCUT2D eigenvalue weighted by Crippen LogP contribution is -2.21. The minimum atomic E-state index is -0.159. The molecule has 110 valence electrons. The van der Waals surface area contributed by atoms with Crippen molar-refractivity contribution >= 4 is 23.5 Å². The van der Waals surface area contributed by atoms with Crippen LogP contribution in [0.1, 0.15) is 29.0 Å². The number of hydrogen-bond acceptors (Lipinski definition) is 4. The number of rotatable bonds is 2. The molecule has 21 heavy (non-hydrogen) atoms. The predicted octanol–water partition coefficient (Wildman–Crippen LogP) is 2.89. The zero-order valence-electron chi connectivity index (χ0n) is 12.1. The molecule has 2 aromatic rings. The number of methoxy groups -OCH3 is 1. The molecule has 0 spiro atoms. The second kappa shape index (κ2) is 5.44. The molecular formula is C15H17N3O2S. The van der Waals surface area contributed by atoms with Crippen molar-refractivity contribution in [2.45, 2.75) is 24.3 Å². The number of fused-ring (bicyclic) bond motifs is 1. The molecule has 0 aliphatic carbocycles. The number of carbonyl (C=O) groups is 1. The highest BCUT2D eigenvalue weighted by molar-refractivity contribution is 8.01. The van der Waals surface area contributed by atoms with Crippen LogP contribution in [0.15, 0.2) is 24.3 Å². The van der Waals surface area contributed by atoms with Gasteiger partial charge in [0.05, 0.1) is 17.6 Å². The van der Waals surface area contributed by atoms with Crippen LogP contribution in [0.5, 0.6) is 5.75 Å². The van der Waals surface area contributed by atoms with E-state index in [0.29, 0.717) is 5.82 Å². The number of nitrogens with one attached hydrogen (secondary N) is 2. The van der Waals surface area contributed by atoms with Crippen molar-refractivity contribution in [1.29, 1.82) is 0 Å². The van der Waals surface area contributed by atoms with Crippen molar-refractivity contribution in [3.63, 3.8) is 0 Å². The van der Waals surface area contributed by atoms with Gasteiger partial charge in [0.2, 0.25) is 5.91 Å². The number of carbonyl (C=O) groups excluding carboxylic acids is 1. The van der Waals surface area contributed by atoms with E-state index in [2.05, 4.69) is 15.5 Å². The van der Waals surface area contributed by atoms with Gasteiger partial charge in [-0.25, -0.2) is 0 Å². The third-order valence-electron chi connectivity index (χ3n) is 3.63. The first-order valence-corrected chi connectivity index (χ1v) is 7.70. The third kappa shape index (κ3) is 2.40. The highest BCUT2D eigenvalue weighted by Crippen LogP contribution is 2.47. The van der Waals surface area contributed by atoms with Gasteiger partial charge in [0, 0.05) is 16.8 Å². The van der Waals surface area contributed by atoms with Crippen molar-refractivity contribution < 1.29 is 9.53 Å². The van der Waals surface area contributed by atoms with Crippen LogP contribution >= 0.6 is 11.8 Å². The van der Waals surface area contributed by atoms with Gasteiger partial charge < -0.3 is 10.1 Å². The number of hydrogen-bond donors (Lipinski definition) is 2. The first kappa shape index (κ1) is 14.0. The Balaban J connectivity index is 2.16. The minimum Gasteiger partial charge on any atom is -0.496 e. The quantitative estimate of drug-likeness (QED) is 0.895. The summed E-state index contributed by atoms with van der Waals surface area (Å²) in [5.74, 6) is 1.42. The molecule has 0 bridgehead atoms. The van der Waals surface area contributed by atoms with E-state index >= 15 is 0 Å². The number of ether oxygens (including phenoxy) is 1. The first-order valence-electron chi connectivity index (χ1n) is 6.76. The third-order valence-corrected chi connectivity index (χ3v) is 5.01. The molecule has 0 saturated carbocycles. The second-order valence-electron chi connectivity index (χ2n) is 5.00. The van der Waals surface area contributed by atoms with E-state index in [4.69, 9.17) is 4.74 Å². The minimum absolute atomic E-state index is 0.00356. The maximum absolute atomic E-state index is 12.1. The molecule has 1 aliphatic heterocycles. The molecule has 1 aromatic carbocycles. The number of amides is 1. The average Bonchev–Trinajstić information content (AvgIpc) is 2.79. The van der Waals surface area contributed by atoms with Crippen molar-refractivity contribution in [2.24, 2.45) is 0 Å². The van der Waals surface area contributed by atoms with Crippen molar-refractivity contribution in [1.82, 2.24) is 10.2 Å². The average molecular weight is 303 g/mol. The number of anilines is 1. The van der Waals surface area contributed by atoms with Crippen LogP contribution in [0.4, 0.5) is 5.82 Å². The van der Waals surface area contributed by atoms with Gasteiger partial charge in [-0.3, -0.25) is 9.89 Å². The molecular weight excluding hydrogens is 286 g/mol. The van der Waals surface area contributed by atoms with E-state index in [-0.39, 0.29) is 16.4 Å². The molecule has 0 fully saturated rings. The molecule has 1 amide bonds. The SMILES string of the molecule is COc1ccccc1C1SC(C)C(=O)Nc2n[nH]c(C)c21. The van der Waals surface area contributed by atoms with Crippen LogP contribution < -0.4 is 10.1 Å². The molecule has 1 aromatic heterocycles. The number of thioether (sulfide) groups is 1. The Kier molecular flexibility index (Phi) is 3.63. The van der Waals surface area contributed by atoms with Gasteiger partial charge in [-0.05, 0) is 19.9 Å². The fourth-order valence-corrected chi connectivity index (χ4v) is 3.87. The Bertz CT molecular complexity index is 683. The summed E-state index contributed by atoms with van der Waals surface area (Å²) < 4.78 is 5.48. The van der Waals surface area contributed by atoms with Crippen LogP contribution in [-0.4, -0.2) is 28.5 Å². The van der Waals surface area contributed by atoms with E-state index in [0.717, 1.165) is 22.6 Å². The molecule has 5 nitrogen and oxygen atoms in total. The summed E-state index contributed by atoms with van der Waals surface area (Å²) >= 11 is 1.61. The molecule has 2 unspecified atom stereocenters. The molecule has 0 saturated heterocycles. The molecule has 0 radical (unpaired) electrons. The highest BCUT2D eigenvalue weighted by atomic mass is 32.2.